The third-order valence-electron chi connectivity index (χ3n) is 2.71. The zero-order chi connectivity index (χ0) is 13.7. The second-order valence-electron chi connectivity index (χ2n) is 4.17. The molecule has 98 valence electrons. The minimum Gasteiger partial charge on any atom is -0.508 e. The summed E-state index contributed by atoms with van der Waals surface area (Å²) in [6, 6.07) is 14.8. The number of rotatable bonds is 4. The molecule has 0 aliphatic carbocycles. The maximum Gasteiger partial charge on any atom is 0.327 e. The molecule has 0 spiro atoms. The van der Waals surface area contributed by atoms with Crippen molar-refractivity contribution in [1.82, 2.24) is 0 Å². The molecule has 0 aliphatic rings. The largest absolute Gasteiger partial charge is 0.508 e. The van der Waals surface area contributed by atoms with Crippen molar-refractivity contribution in [3.8, 4) is 5.75 Å². The molecule has 2 aromatic rings. The standard InChI is InChI=1S/C15H15NO3/c16-14(12-7-4-8-13(17)9-12)15(18)19-10-11-5-2-1-3-6-11/h1-9,14,17H,10,16H2/t14-/m0/s1. The third kappa shape index (κ3) is 3.56. The summed E-state index contributed by atoms with van der Waals surface area (Å²) in [5, 5.41) is 9.34. The molecule has 3 N–H and O–H groups in total. The molecule has 0 radical (unpaired) electrons. The van der Waals surface area contributed by atoms with Gasteiger partial charge in [0.1, 0.15) is 18.4 Å². The zero-order valence-electron chi connectivity index (χ0n) is 10.3. The second-order valence-corrected chi connectivity index (χ2v) is 4.17. The van der Waals surface area contributed by atoms with Crippen LogP contribution in [-0.4, -0.2) is 11.1 Å². The Bertz CT molecular complexity index is 554. The topological polar surface area (TPSA) is 72.6 Å². The van der Waals surface area contributed by atoms with Crippen LogP contribution in [0, 0.1) is 0 Å². The van der Waals surface area contributed by atoms with Crippen molar-refractivity contribution in [2.45, 2.75) is 12.6 Å². The van der Waals surface area contributed by atoms with Crippen molar-refractivity contribution in [1.29, 1.82) is 0 Å². The lowest BCUT2D eigenvalue weighted by atomic mass is 10.1. The molecular formula is C15H15NO3. The van der Waals surface area contributed by atoms with Crippen LogP contribution in [0.5, 0.6) is 5.75 Å². The smallest absolute Gasteiger partial charge is 0.327 e. The number of esters is 1. The molecule has 0 heterocycles. The predicted molar refractivity (Wildman–Crippen MR) is 71.3 cm³/mol. The average molecular weight is 257 g/mol. The van der Waals surface area contributed by atoms with Gasteiger partial charge in [-0.3, -0.25) is 0 Å². The number of aromatic hydroxyl groups is 1. The van der Waals surface area contributed by atoms with Gasteiger partial charge in [0.15, 0.2) is 0 Å². The first kappa shape index (κ1) is 13.1. The number of carbonyl (C=O) groups is 1. The van der Waals surface area contributed by atoms with Crippen molar-refractivity contribution in [2.24, 2.45) is 5.73 Å². The van der Waals surface area contributed by atoms with Crippen LogP contribution in [0.4, 0.5) is 0 Å². The van der Waals surface area contributed by atoms with Crippen LogP contribution in [-0.2, 0) is 16.1 Å². The van der Waals surface area contributed by atoms with Crippen LogP contribution < -0.4 is 5.73 Å². The summed E-state index contributed by atoms with van der Waals surface area (Å²) in [4.78, 5) is 11.8. The normalized spacial score (nSPS) is 11.8. The molecule has 19 heavy (non-hydrogen) atoms. The monoisotopic (exact) mass is 257 g/mol. The maximum absolute atomic E-state index is 11.8. The molecule has 4 nitrogen and oxygen atoms in total. The van der Waals surface area contributed by atoms with E-state index in [1.54, 1.807) is 12.1 Å². The number of nitrogens with two attached hydrogens (primary N) is 1. The summed E-state index contributed by atoms with van der Waals surface area (Å²) in [5.74, 6) is -0.446. The molecule has 1 atom stereocenters. The Morgan fingerprint density at radius 3 is 2.58 bits per heavy atom. The van der Waals surface area contributed by atoms with E-state index in [9.17, 15) is 9.90 Å². The maximum atomic E-state index is 11.8. The van der Waals surface area contributed by atoms with Gasteiger partial charge in [-0.15, -0.1) is 0 Å². The van der Waals surface area contributed by atoms with E-state index in [1.807, 2.05) is 30.3 Å². The van der Waals surface area contributed by atoms with Crippen LogP contribution in [0.3, 0.4) is 0 Å². The molecule has 2 rings (SSSR count). The van der Waals surface area contributed by atoms with Crippen LogP contribution >= 0.6 is 0 Å². The van der Waals surface area contributed by atoms with Gasteiger partial charge in [-0.25, -0.2) is 4.79 Å². The van der Waals surface area contributed by atoms with E-state index in [-0.39, 0.29) is 12.4 Å². The minimum absolute atomic E-state index is 0.0730. The van der Waals surface area contributed by atoms with Crippen molar-refractivity contribution < 1.29 is 14.6 Å². The Morgan fingerprint density at radius 2 is 1.89 bits per heavy atom. The first-order valence-corrected chi connectivity index (χ1v) is 5.92. The van der Waals surface area contributed by atoms with E-state index in [0.29, 0.717) is 5.56 Å². The molecule has 0 saturated carbocycles. The van der Waals surface area contributed by atoms with Crippen LogP contribution in [0.15, 0.2) is 54.6 Å². The van der Waals surface area contributed by atoms with Crippen LogP contribution in [0.2, 0.25) is 0 Å². The molecule has 0 unspecified atom stereocenters. The lowest BCUT2D eigenvalue weighted by Gasteiger charge is -2.12. The molecule has 2 aromatic carbocycles. The number of hydrogen-bond donors (Lipinski definition) is 2. The lowest BCUT2D eigenvalue weighted by molar-refractivity contribution is -0.146. The Hall–Kier alpha value is -2.33. The fourth-order valence-corrected chi connectivity index (χ4v) is 1.67. The molecule has 0 aliphatic heterocycles. The van der Waals surface area contributed by atoms with E-state index in [4.69, 9.17) is 10.5 Å². The Morgan fingerprint density at radius 1 is 1.16 bits per heavy atom. The van der Waals surface area contributed by atoms with E-state index >= 15 is 0 Å². The number of phenols is 1. The predicted octanol–water partition coefficient (Wildman–Crippen LogP) is 2.14. The summed E-state index contributed by atoms with van der Waals surface area (Å²) < 4.78 is 5.14. The molecule has 0 aromatic heterocycles. The Kier molecular flexibility index (Phi) is 4.15. The molecule has 0 amide bonds. The summed E-state index contributed by atoms with van der Waals surface area (Å²) in [6.45, 7) is 0.187. The van der Waals surface area contributed by atoms with Gasteiger partial charge in [-0.2, -0.15) is 0 Å². The van der Waals surface area contributed by atoms with Gasteiger partial charge in [0, 0.05) is 0 Å². The highest BCUT2D eigenvalue weighted by atomic mass is 16.5. The van der Waals surface area contributed by atoms with Gasteiger partial charge in [0.25, 0.3) is 0 Å². The number of phenolic OH excluding ortho intramolecular Hbond substituents is 1. The number of hydrogen-bond acceptors (Lipinski definition) is 4. The first-order chi connectivity index (χ1) is 9.16. The van der Waals surface area contributed by atoms with Crippen LogP contribution in [0.25, 0.3) is 0 Å². The Labute approximate surface area is 111 Å². The highest BCUT2D eigenvalue weighted by molar-refractivity contribution is 5.77. The van der Waals surface area contributed by atoms with Crippen molar-refractivity contribution in [3.05, 3.63) is 65.7 Å². The van der Waals surface area contributed by atoms with Crippen molar-refractivity contribution in [2.75, 3.05) is 0 Å². The Balaban J connectivity index is 1.96. The van der Waals surface area contributed by atoms with Crippen molar-refractivity contribution >= 4 is 5.97 Å². The number of carbonyl (C=O) groups excluding carboxylic acids is 1. The quantitative estimate of drug-likeness (QED) is 0.823. The van der Waals surface area contributed by atoms with Gasteiger partial charge in [-0.05, 0) is 23.3 Å². The minimum atomic E-state index is -0.893. The van der Waals surface area contributed by atoms with Gasteiger partial charge in [0.2, 0.25) is 0 Å². The van der Waals surface area contributed by atoms with Crippen LogP contribution in [0.1, 0.15) is 17.2 Å². The molecule has 0 bridgehead atoms. The highest BCUT2D eigenvalue weighted by Gasteiger charge is 2.17. The summed E-state index contributed by atoms with van der Waals surface area (Å²) in [6.07, 6.45) is 0. The van der Waals surface area contributed by atoms with Crippen molar-refractivity contribution in [3.63, 3.8) is 0 Å². The summed E-state index contributed by atoms with van der Waals surface area (Å²) in [5.41, 5.74) is 7.21. The van der Waals surface area contributed by atoms with E-state index in [1.165, 1.54) is 12.1 Å². The fraction of sp³-hybridized carbons (Fsp3) is 0.133. The zero-order valence-corrected chi connectivity index (χ0v) is 10.3. The second kappa shape index (κ2) is 6.02. The fourth-order valence-electron chi connectivity index (χ4n) is 1.67. The SMILES string of the molecule is N[C@H](C(=O)OCc1ccccc1)c1cccc(O)c1. The third-order valence-corrected chi connectivity index (χ3v) is 2.71. The lowest BCUT2D eigenvalue weighted by Crippen LogP contribution is -2.23. The number of ether oxygens (including phenoxy) is 1. The average Bonchev–Trinajstić information content (AvgIpc) is 2.45. The van der Waals surface area contributed by atoms with Gasteiger partial charge < -0.3 is 15.6 Å². The van der Waals surface area contributed by atoms with Gasteiger partial charge >= 0.3 is 5.97 Å². The molecule has 0 saturated heterocycles. The molecular weight excluding hydrogens is 242 g/mol. The first-order valence-electron chi connectivity index (χ1n) is 5.92. The van der Waals surface area contributed by atoms with Gasteiger partial charge in [0.05, 0.1) is 0 Å². The highest BCUT2D eigenvalue weighted by Crippen LogP contribution is 2.18. The number of benzene rings is 2. The summed E-state index contributed by atoms with van der Waals surface area (Å²) in [7, 11) is 0. The molecule has 0 fully saturated rings. The van der Waals surface area contributed by atoms with E-state index < -0.39 is 12.0 Å². The molecule has 4 heteroatoms. The summed E-state index contributed by atoms with van der Waals surface area (Å²) >= 11 is 0. The van der Waals surface area contributed by atoms with E-state index in [0.717, 1.165) is 5.56 Å². The van der Waals surface area contributed by atoms with Gasteiger partial charge in [-0.1, -0.05) is 42.5 Å². The van der Waals surface area contributed by atoms with E-state index in [2.05, 4.69) is 0 Å².